The second-order valence-corrected chi connectivity index (χ2v) is 7.23. The fourth-order valence-electron chi connectivity index (χ4n) is 3.79. The summed E-state index contributed by atoms with van der Waals surface area (Å²) in [4.78, 5) is 7.54. The molecule has 0 bridgehead atoms. The molecular weight excluding hydrogens is 351 g/mol. The summed E-state index contributed by atoms with van der Waals surface area (Å²) in [5, 5.41) is 29.2. The molecule has 0 unspecified atom stereocenters. The van der Waals surface area contributed by atoms with Gasteiger partial charge in [0.15, 0.2) is 0 Å². The van der Waals surface area contributed by atoms with Crippen LogP contribution < -0.4 is 4.90 Å². The largest absolute Gasteiger partial charge is 0.417 e. The van der Waals surface area contributed by atoms with Gasteiger partial charge in [-0.1, -0.05) is 0 Å². The van der Waals surface area contributed by atoms with E-state index in [-0.39, 0.29) is 19.0 Å². The van der Waals surface area contributed by atoms with Crippen molar-refractivity contribution in [1.29, 1.82) is 0 Å². The smallest absolute Gasteiger partial charge is 0.389 e. The first-order valence-corrected chi connectivity index (χ1v) is 8.78. The van der Waals surface area contributed by atoms with Gasteiger partial charge in [-0.05, 0) is 24.8 Å². The van der Waals surface area contributed by atoms with E-state index in [9.17, 15) is 28.5 Å². The average Bonchev–Trinajstić information content (AvgIpc) is 2.59. The maximum atomic E-state index is 12.9. The summed E-state index contributed by atoms with van der Waals surface area (Å²) < 4.78 is 38.7. The predicted octanol–water partition coefficient (Wildman–Crippen LogP) is 0.715. The number of aliphatic hydroxyl groups is 3. The van der Waals surface area contributed by atoms with Gasteiger partial charge in [0.2, 0.25) is 0 Å². The van der Waals surface area contributed by atoms with Crippen LogP contribution in [0.4, 0.5) is 18.9 Å². The first-order valence-electron chi connectivity index (χ1n) is 8.78. The van der Waals surface area contributed by atoms with E-state index in [0.29, 0.717) is 25.3 Å². The van der Waals surface area contributed by atoms with Crippen LogP contribution in [0, 0.1) is 5.92 Å². The number of alkyl halides is 3. The quantitative estimate of drug-likeness (QED) is 0.722. The Hall–Kier alpha value is -1.42. The summed E-state index contributed by atoms with van der Waals surface area (Å²) in [6, 6.07) is 1.13. The number of aromatic nitrogens is 1. The van der Waals surface area contributed by atoms with Crippen LogP contribution in [-0.2, 0) is 6.18 Å². The highest BCUT2D eigenvalue weighted by molar-refractivity contribution is 5.47. The third kappa shape index (κ3) is 4.46. The van der Waals surface area contributed by atoms with E-state index in [1.165, 1.54) is 6.20 Å². The predicted molar refractivity (Wildman–Crippen MR) is 88.6 cm³/mol. The number of halogens is 3. The molecule has 0 saturated carbocycles. The van der Waals surface area contributed by atoms with Crippen LogP contribution >= 0.6 is 0 Å². The van der Waals surface area contributed by atoms with Gasteiger partial charge in [0.1, 0.15) is 6.10 Å². The maximum absolute atomic E-state index is 12.9. The van der Waals surface area contributed by atoms with Gasteiger partial charge in [-0.2, -0.15) is 13.2 Å². The van der Waals surface area contributed by atoms with Gasteiger partial charge in [0.25, 0.3) is 0 Å². The number of pyridine rings is 1. The first-order chi connectivity index (χ1) is 12.2. The number of likely N-dealkylation sites (tertiary alicyclic amines) is 1. The topological polar surface area (TPSA) is 80.1 Å². The van der Waals surface area contributed by atoms with Crippen LogP contribution in [0.25, 0.3) is 0 Å². The normalized spacial score (nSPS) is 31.2. The number of hydrogen-bond donors (Lipinski definition) is 3. The minimum atomic E-state index is -4.42. The lowest BCUT2D eigenvalue weighted by Crippen LogP contribution is -2.56. The van der Waals surface area contributed by atoms with Crippen molar-refractivity contribution >= 4 is 5.69 Å². The van der Waals surface area contributed by atoms with Crippen molar-refractivity contribution in [3.8, 4) is 0 Å². The van der Waals surface area contributed by atoms with Gasteiger partial charge in [-0.25, -0.2) is 0 Å². The van der Waals surface area contributed by atoms with E-state index in [0.717, 1.165) is 25.1 Å². The minimum Gasteiger partial charge on any atom is -0.389 e. The summed E-state index contributed by atoms with van der Waals surface area (Å²) in [6.45, 7) is 2.43. The van der Waals surface area contributed by atoms with Crippen LogP contribution in [0.5, 0.6) is 0 Å². The Kier molecular flexibility index (Phi) is 5.71. The summed E-state index contributed by atoms with van der Waals surface area (Å²) in [7, 11) is 0. The van der Waals surface area contributed by atoms with Gasteiger partial charge in [-0.15, -0.1) is 0 Å². The van der Waals surface area contributed by atoms with Gasteiger partial charge >= 0.3 is 6.18 Å². The molecule has 6 nitrogen and oxygen atoms in total. The van der Waals surface area contributed by atoms with Gasteiger partial charge in [-0.3, -0.25) is 9.88 Å². The number of piperidine rings is 2. The van der Waals surface area contributed by atoms with Crippen molar-refractivity contribution in [2.75, 3.05) is 37.6 Å². The van der Waals surface area contributed by atoms with E-state index in [1.807, 2.05) is 9.80 Å². The Labute approximate surface area is 149 Å². The molecule has 2 aliphatic rings. The van der Waals surface area contributed by atoms with Crippen molar-refractivity contribution in [3.05, 3.63) is 24.0 Å². The van der Waals surface area contributed by atoms with E-state index in [2.05, 4.69) is 4.98 Å². The van der Waals surface area contributed by atoms with Gasteiger partial charge in [0.05, 0.1) is 29.7 Å². The zero-order valence-electron chi connectivity index (χ0n) is 14.3. The van der Waals surface area contributed by atoms with E-state index < -0.39 is 30.1 Å². The molecule has 3 rings (SSSR count). The Bertz CT molecular complexity index is 604. The minimum absolute atomic E-state index is 0.202. The number of anilines is 1. The molecule has 146 valence electrons. The van der Waals surface area contributed by atoms with Crippen LogP contribution in [0.3, 0.4) is 0 Å². The van der Waals surface area contributed by atoms with Crippen molar-refractivity contribution in [2.24, 2.45) is 5.92 Å². The monoisotopic (exact) mass is 375 g/mol. The lowest BCUT2D eigenvalue weighted by Gasteiger charge is -2.41. The van der Waals surface area contributed by atoms with Crippen molar-refractivity contribution in [3.63, 3.8) is 0 Å². The van der Waals surface area contributed by atoms with Crippen LogP contribution in [-0.4, -0.2) is 76.2 Å². The second-order valence-electron chi connectivity index (χ2n) is 7.23. The fourth-order valence-corrected chi connectivity index (χ4v) is 3.79. The molecule has 0 radical (unpaired) electrons. The Balaban J connectivity index is 1.63. The standard InChI is InChI=1S/C17H24F3N3O3/c18-17(19,20)12-4-13(6-21-5-12)23-3-1-2-11(8-23)7-22-9-14(24)16(26)15(25)10-22/h4-6,11,14-16,24-26H,1-3,7-10H2/t11-,14-,15+,16+/m1/s1. The zero-order valence-corrected chi connectivity index (χ0v) is 14.3. The van der Waals surface area contributed by atoms with Crippen LogP contribution in [0.15, 0.2) is 18.5 Å². The first kappa shape index (κ1) is 19.3. The molecule has 3 N–H and O–H groups in total. The Morgan fingerprint density at radius 2 is 1.77 bits per heavy atom. The Morgan fingerprint density at radius 1 is 1.08 bits per heavy atom. The van der Waals surface area contributed by atoms with Crippen LogP contribution in [0.2, 0.25) is 0 Å². The van der Waals surface area contributed by atoms with Crippen molar-refractivity contribution in [1.82, 2.24) is 9.88 Å². The van der Waals surface area contributed by atoms with Crippen molar-refractivity contribution < 1.29 is 28.5 Å². The average molecular weight is 375 g/mol. The highest BCUT2D eigenvalue weighted by Gasteiger charge is 2.35. The highest BCUT2D eigenvalue weighted by atomic mass is 19.4. The molecule has 2 aliphatic heterocycles. The summed E-state index contributed by atoms with van der Waals surface area (Å²) in [5.74, 6) is 0.202. The highest BCUT2D eigenvalue weighted by Crippen LogP contribution is 2.32. The maximum Gasteiger partial charge on any atom is 0.417 e. The Morgan fingerprint density at radius 3 is 2.42 bits per heavy atom. The van der Waals surface area contributed by atoms with Crippen molar-refractivity contribution in [2.45, 2.75) is 37.3 Å². The van der Waals surface area contributed by atoms with E-state index in [1.54, 1.807) is 0 Å². The lowest BCUT2D eigenvalue weighted by atomic mass is 9.94. The molecule has 3 heterocycles. The third-order valence-electron chi connectivity index (χ3n) is 5.13. The molecule has 4 atom stereocenters. The SMILES string of the molecule is O[C@H]1[C@H](O)CN(C[C@H]2CCCN(c3cncc(C(F)(F)F)c3)C2)C[C@@H]1O. The van der Waals surface area contributed by atoms with Crippen LogP contribution in [0.1, 0.15) is 18.4 Å². The molecule has 9 heteroatoms. The molecule has 0 aliphatic carbocycles. The number of hydrogen-bond acceptors (Lipinski definition) is 6. The van der Waals surface area contributed by atoms with Gasteiger partial charge < -0.3 is 20.2 Å². The number of aliphatic hydroxyl groups excluding tert-OH is 3. The molecule has 0 amide bonds. The second kappa shape index (κ2) is 7.67. The van der Waals surface area contributed by atoms with E-state index >= 15 is 0 Å². The molecule has 26 heavy (non-hydrogen) atoms. The zero-order chi connectivity index (χ0) is 18.9. The lowest BCUT2D eigenvalue weighted by molar-refractivity contribution is -0.137. The number of β-amino-alcohol motifs (C(OH)–C–C–N with tert-alkyl or cyclic N) is 2. The molecular formula is C17H24F3N3O3. The van der Waals surface area contributed by atoms with Gasteiger partial charge in [0, 0.05) is 38.9 Å². The molecule has 1 aromatic rings. The molecule has 2 saturated heterocycles. The fraction of sp³-hybridized carbons (Fsp3) is 0.706. The number of nitrogens with zero attached hydrogens (tertiary/aromatic N) is 3. The van der Waals surface area contributed by atoms with E-state index in [4.69, 9.17) is 0 Å². The third-order valence-corrected chi connectivity index (χ3v) is 5.13. The molecule has 0 aromatic carbocycles. The molecule has 0 spiro atoms. The summed E-state index contributed by atoms with van der Waals surface area (Å²) in [6.07, 6.45) is -3.49. The molecule has 1 aromatic heterocycles. The molecule has 2 fully saturated rings. The summed E-state index contributed by atoms with van der Waals surface area (Å²) >= 11 is 0. The summed E-state index contributed by atoms with van der Waals surface area (Å²) in [5.41, 5.74) is -0.299. The number of rotatable bonds is 3.